The van der Waals surface area contributed by atoms with Gasteiger partial charge in [-0.2, -0.15) is 0 Å². The third kappa shape index (κ3) is 8.83. The van der Waals surface area contributed by atoms with Gasteiger partial charge in [0.05, 0.1) is 23.5 Å². The van der Waals surface area contributed by atoms with Crippen molar-refractivity contribution in [3.05, 3.63) is 45.9 Å². The Morgan fingerprint density at radius 2 is 2.00 bits per heavy atom. The minimum Gasteiger partial charge on any atom is -0.491 e. The second-order valence-corrected chi connectivity index (χ2v) is 9.71. The molecule has 2 atom stereocenters. The van der Waals surface area contributed by atoms with Gasteiger partial charge < -0.3 is 31.7 Å². The molecule has 204 valence electrons. The number of thiazole rings is 1. The van der Waals surface area contributed by atoms with Gasteiger partial charge in [-0.25, -0.2) is 4.98 Å². The van der Waals surface area contributed by atoms with Crippen LogP contribution in [-0.2, 0) is 25.6 Å². The summed E-state index contributed by atoms with van der Waals surface area (Å²) in [5.74, 6) is -2.65. The Bertz CT molecular complexity index is 1170. The van der Waals surface area contributed by atoms with Gasteiger partial charge in [0.25, 0.3) is 5.91 Å². The molecule has 0 fully saturated rings. The summed E-state index contributed by atoms with van der Waals surface area (Å²) in [6.45, 7) is 2.38. The molecule has 1 aliphatic rings. The molecule has 3 rings (SSSR count). The summed E-state index contributed by atoms with van der Waals surface area (Å²) < 4.78 is 5.68. The molecule has 2 aromatic rings. The van der Waals surface area contributed by atoms with Crippen LogP contribution in [0.4, 0.5) is 0 Å². The maximum atomic E-state index is 13.1. The lowest BCUT2D eigenvalue weighted by molar-refractivity contribution is -0.131. The van der Waals surface area contributed by atoms with E-state index in [2.05, 4.69) is 26.3 Å². The molecule has 1 aromatic carbocycles. The van der Waals surface area contributed by atoms with Crippen LogP contribution in [0, 0.1) is 6.92 Å². The maximum Gasteiger partial charge on any atom is 0.255 e. The molecule has 0 saturated heterocycles. The fourth-order valence-corrected chi connectivity index (χ4v) is 4.59. The number of carbonyl (C=O) groups excluding carboxylic acids is 5. The van der Waals surface area contributed by atoms with Crippen molar-refractivity contribution >= 4 is 40.9 Å². The summed E-state index contributed by atoms with van der Waals surface area (Å²) in [6, 6.07) is 4.21. The first kappa shape index (κ1) is 28.6. The van der Waals surface area contributed by atoms with Crippen LogP contribution in [0.2, 0.25) is 0 Å². The predicted octanol–water partition coefficient (Wildman–Crippen LogP) is -0.0521. The number of fused-ring (bicyclic) bond motifs is 1. The second-order valence-electron chi connectivity index (χ2n) is 8.77. The molecule has 0 aliphatic carbocycles. The molecule has 38 heavy (non-hydrogen) atoms. The molecule has 12 nitrogen and oxygen atoms in total. The van der Waals surface area contributed by atoms with E-state index in [1.165, 1.54) is 0 Å². The Kier molecular flexibility index (Phi) is 10.6. The van der Waals surface area contributed by atoms with E-state index in [0.717, 1.165) is 10.7 Å². The smallest absolute Gasteiger partial charge is 0.255 e. The lowest BCUT2D eigenvalue weighted by Crippen LogP contribution is -2.52. The fourth-order valence-electron chi connectivity index (χ4n) is 3.77. The normalized spacial score (nSPS) is 18.6. The second kappa shape index (κ2) is 14.1. The zero-order chi connectivity index (χ0) is 27.5. The molecule has 1 aliphatic heterocycles. The number of nitrogens with two attached hydrogens (primary N) is 1. The van der Waals surface area contributed by atoms with Gasteiger partial charge in [-0.1, -0.05) is 12.1 Å². The molecule has 0 unspecified atom stereocenters. The van der Waals surface area contributed by atoms with E-state index in [9.17, 15) is 24.0 Å². The third-order valence-corrected chi connectivity index (χ3v) is 6.69. The zero-order valence-corrected chi connectivity index (χ0v) is 21.9. The number of amides is 5. The average molecular weight is 545 g/mol. The Morgan fingerprint density at radius 3 is 2.74 bits per heavy atom. The summed E-state index contributed by atoms with van der Waals surface area (Å²) in [5.41, 5.74) is 6.34. The standard InChI is InChI=1S/C25H32N6O6S/c1-15-14-38-22(29-15)7-4-10-27-25(36)18-13-21(33)30-17(8-9-20(26)32)24(35)28-11-12-37-19-6-3-2-5-16(19)23(34)31-18/h2-3,5-6,14,17-18H,4,7-13H2,1H3,(H2,26,32)(H,27,36)(H,28,35)(H,30,33)(H,31,34)/t17-,18-/m0/s1. The highest BCUT2D eigenvalue weighted by molar-refractivity contribution is 7.09. The highest BCUT2D eigenvalue weighted by Gasteiger charge is 2.28. The fraction of sp³-hybridized carbons (Fsp3) is 0.440. The van der Waals surface area contributed by atoms with Crippen LogP contribution in [-0.4, -0.2) is 66.3 Å². The van der Waals surface area contributed by atoms with Gasteiger partial charge >= 0.3 is 0 Å². The van der Waals surface area contributed by atoms with Crippen molar-refractivity contribution in [1.29, 1.82) is 0 Å². The number of carbonyl (C=O) groups is 5. The minimum absolute atomic E-state index is 0.0178. The van der Waals surface area contributed by atoms with Gasteiger partial charge in [0.1, 0.15) is 24.4 Å². The molecule has 2 heterocycles. The van der Waals surface area contributed by atoms with Crippen LogP contribution >= 0.6 is 11.3 Å². The van der Waals surface area contributed by atoms with Gasteiger partial charge in [0, 0.05) is 30.5 Å². The van der Waals surface area contributed by atoms with Crippen molar-refractivity contribution < 1.29 is 28.7 Å². The quantitative estimate of drug-likeness (QED) is 0.289. The van der Waals surface area contributed by atoms with Crippen molar-refractivity contribution in [2.45, 2.75) is 51.1 Å². The van der Waals surface area contributed by atoms with Crippen LogP contribution in [0.15, 0.2) is 29.6 Å². The third-order valence-electron chi connectivity index (χ3n) is 5.67. The molecule has 0 saturated carbocycles. The van der Waals surface area contributed by atoms with Crippen molar-refractivity contribution in [2.75, 3.05) is 19.7 Å². The summed E-state index contributed by atoms with van der Waals surface area (Å²) in [5, 5.41) is 13.5. The number of nitrogens with zero attached hydrogens (tertiary/aromatic N) is 1. The van der Waals surface area contributed by atoms with Gasteiger partial charge in [0.15, 0.2) is 0 Å². The molecule has 5 amide bonds. The SMILES string of the molecule is Cc1csc(CCCNC(=O)[C@@H]2CC(=O)N[C@@H](CCC(N)=O)C(=O)NCCOc3ccccc3C(=O)N2)n1. The first-order valence-corrected chi connectivity index (χ1v) is 13.2. The molecule has 0 radical (unpaired) electrons. The van der Waals surface area contributed by atoms with Crippen LogP contribution in [0.1, 0.15) is 46.7 Å². The molecular weight excluding hydrogens is 512 g/mol. The predicted molar refractivity (Wildman–Crippen MR) is 139 cm³/mol. The Labute approximate surface area is 224 Å². The van der Waals surface area contributed by atoms with E-state index < -0.39 is 48.0 Å². The Morgan fingerprint density at radius 1 is 1.21 bits per heavy atom. The number of para-hydroxylation sites is 1. The molecular formula is C25H32N6O6S. The van der Waals surface area contributed by atoms with E-state index in [1.54, 1.807) is 35.6 Å². The van der Waals surface area contributed by atoms with Gasteiger partial charge in [-0.3, -0.25) is 24.0 Å². The number of hydrogen-bond acceptors (Lipinski definition) is 8. The van der Waals surface area contributed by atoms with Gasteiger partial charge in [0.2, 0.25) is 23.6 Å². The highest BCUT2D eigenvalue weighted by Crippen LogP contribution is 2.18. The van der Waals surface area contributed by atoms with Crippen molar-refractivity contribution in [3.8, 4) is 5.75 Å². The van der Waals surface area contributed by atoms with E-state index in [0.29, 0.717) is 19.4 Å². The van der Waals surface area contributed by atoms with E-state index in [-0.39, 0.29) is 37.3 Å². The first-order chi connectivity index (χ1) is 18.2. The lowest BCUT2D eigenvalue weighted by Gasteiger charge is -2.23. The van der Waals surface area contributed by atoms with E-state index in [1.807, 2.05) is 12.3 Å². The molecule has 0 spiro atoms. The van der Waals surface area contributed by atoms with Gasteiger partial charge in [-0.05, 0) is 31.9 Å². The summed E-state index contributed by atoms with van der Waals surface area (Å²) in [4.78, 5) is 67.3. The maximum absolute atomic E-state index is 13.1. The number of nitrogens with one attached hydrogen (secondary N) is 4. The minimum atomic E-state index is -1.22. The van der Waals surface area contributed by atoms with Crippen LogP contribution in [0.25, 0.3) is 0 Å². The number of benzene rings is 1. The first-order valence-electron chi connectivity index (χ1n) is 12.3. The van der Waals surface area contributed by atoms with E-state index >= 15 is 0 Å². The summed E-state index contributed by atoms with van der Waals surface area (Å²) in [6.07, 6.45) is 0.736. The number of aryl methyl sites for hydroxylation is 2. The zero-order valence-electron chi connectivity index (χ0n) is 21.1. The van der Waals surface area contributed by atoms with Crippen LogP contribution < -0.4 is 31.7 Å². The molecule has 6 N–H and O–H groups in total. The summed E-state index contributed by atoms with van der Waals surface area (Å²) in [7, 11) is 0. The van der Waals surface area contributed by atoms with Crippen LogP contribution in [0.3, 0.4) is 0 Å². The summed E-state index contributed by atoms with van der Waals surface area (Å²) >= 11 is 1.55. The van der Waals surface area contributed by atoms with Crippen molar-refractivity contribution in [3.63, 3.8) is 0 Å². The number of ether oxygens (including phenoxy) is 1. The monoisotopic (exact) mass is 544 g/mol. The van der Waals surface area contributed by atoms with Crippen molar-refractivity contribution in [2.24, 2.45) is 5.73 Å². The lowest BCUT2D eigenvalue weighted by atomic mass is 10.1. The number of hydrogen-bond donors (Lipinski definition) is 5. The van der Waals surface area contributed by atoms with E-state index in [4.69, 9.17) is 10.5 Å². The molecule has 0 bridgehead atoms. The number of rotatable bonds is 8. The largest absolute Gasteiger partial charge is 0.491 e. The van der Waals surface area contributed by atoms with Crippen LogP contribution in [0.5, 0.6) is 5.75 Å². The van der Waals surface area contributed by atoms with Gasteiger partial charge in [-0.15, -0.1) is 11.3 Å². The Hall–Kier alpha value is -4.00. The highest BCUT2D eigenvalue weighted by atomic mass is 32.1. The molecule has 13 heteroatoms. The van der Waals surface area contributed by atoms with Crippen molar-refractivity contribution in [1.82, 2.24) is 26.3 Å². The Balaban J connectivity index is 1.74. The number of aromatic nitrogens is 1. The number of primary amides is 1. The topological polar surface area (TPSA) is 182 Å². The molecule has 1 aromatic heterocycles. The average Bonchev–Trinajstić information content (AvgIpc) is 3.30.